The molecular formula is C5H11NO2. The van der Waals surface area contributed by atoms with Gasteiger partial charge < -0.3 is 10.2 Å². The zero-order chi connectivity index (χ0) is 5.98. The highest BCUT2D eigenvalue weighted by Crippen LogP contribution is 2.04. The molecule has 3 heteroatoms. The highest BCUT2D eigenvalue weighted by atomic mass is 16.3. The molecule has 48 valence electrons. The summed E-state index contributed by atoms with van der Waals surface area (Å²) in [6.45, 7) is 0.725. The highest BCUT2D eigenvalue weighted by Gasteiger charge is 2.15. The second kappa shape index (κ2) is 2.44. The fourth-order valence-electron chi connectivity index (χ4n) is 0.875. The minimum absolute atomic E-state index is 0.300. The normalized spacial score (nSPS) is 39.8. The van der Waals surface area contributed by atoms with Crippen LogP contribution in [0.5, 0.6) is 0 Å². The molecule has 0 radical (unpaired) electrons. The first kappa shape index (κ1) is 6.01. The van der Waals surface area contributed by atoms with Gasteiger partial charge in [-0.05, 0) is 13.0 Å². The molecule has 0 aromatic heterocycles. The number of piperidine rings is 1. The van der Waals surface area contributed by atoms with Crippen LogP contribution in [0.2, 0.25) is 0 Å². The number of aliphatic hydroxyl groups excluding tert-OH is 2. The van der Waals surface area contributed by atoms with E-state index in [0.717, 1.165) is 13.0 Å². The van der Waals surface area contributed by atoms with Crippen molar-refractivity contribution in [3.8, 4) is 0 Å². The number of hydrogen-bond donors (Lipinski definition) is 3. The monoisotopic (exact) mass is 117 g/mol. The molecule has 0 unspecified atom stereocenters. The van der Waals surface area contributed by atoms with Crippen molar-refractivity contribution in [2.75, 3.05) is 6.54 Å². The minimum atomic E-state index is -0.487. The average molecular weight is 117 g/mol. The van der Waals surface area contributed by atoms with Gasteiger partial charge in [0.05, 0.1) is 6.10 Å². The molecule has 3 N–H and O–H groups in total. The van der Waals surface area contributed by atoms with E-state index in [0.29, 0.717) is 6.42 Å². The molecular weight excluding hydrogens is 106 g/mol. The summed E-state index contributed by atoms with van der Waals surface area (Å²) in [7, 11) is 0. The van der Waals surface area contributed by atoms with Crippen molar-refractivity contribution in [3.05, 3.63) is 0 Å². The summed E-state index contributed by atoms with van der Waals surface area (Å²) in [6.07, 6.45) is 0.446. The van der Waals surface area contributed by atoms with Crippen molar-refractivity contribution in [1.29, 1.82) is 0 Å². The summed E-state index contributed by atoms with van der Waals surface area (Å²) in [4.78, 5) is 0. The molecule has 8 heavy (non-hydrogen) atoms. The Labute approximate surface area is 48.3 Å². The Bertz CT molecular complexity index is 68.8. The molecule has 1 heterocycles. The van der Waals surface area contributed by atoms with Crippen LogP contribution in [0, 0.1) is 0 Å². The van der Waals surface area contributed by atoms with Crippen LogP contribution in [0.4, 0.5) is 0 Å². The lowest BCUT2D eigenvalue weighted by Crippen LogP contribution is -2.39. The summed E-state index contributed by atoms with van der Waals surface area (Å²) in [5.41, 5.74) is 0. The number of hydrogen-bond acceptors (Lipinski definition) is 3. The van der Waals surface area contributed by atoms with Gasteiger partial charge in [0.15, 0.2) is 0 Å². The SMILES string of the molecule is O[C@H]1CCN[C@@H](O)C1. The molecule has 0 spiro atoms. The topological polar surface area (TPSA) is 52.5 Å². The fourth-order valence-corrected chi connectivity index (χ4v) is 0.875. The predicted octanol–water partition coefficient (Wildman–Crippen LogP) is -0.951. The molecule has 1 aliphatic heterocycles. The zero-order valence-electron chi connectivity index (χ0n) is 4.67. The van der Waals surface area contributed by atoms with Crippen LogP contribution in [0.1, 0.15) is 12.8 Å². The van der Waals surface area contributed by atoms with E-state index >= 15 is 0 Å². The van der Waals surface area contributed by atoms with Crippen molar-refractivity contribution in [3.63, 3.8) is 0 Å². The maximum absolute atomic E-state index is 8.88. The third kappa shape index (κ3) is 1.43. The van der Waals surface area contributed by atoms with Gasteiger partial charge in [0.2, 0.25) is 0 Å². The fraction of sp³-hybridized carbons (Fsp3) is 1.00. The van der Waals surface area contributed by atoms with E-state index in [1.807, 2.05) is 0 Å². The van der Waals surface area contributed by atoms with E-state index in [1.54, 1.807) is 0 Å². The van der Waals surface area contributed by atoms with Gasteiger partial charge in [-0.3, -0.25) is 5.32 Å². The lowest BCUT2D eigenvalue weighted by atomic mass is 10.1. The van der Waals surface area contributed by atoms with E-state index in [4.69, 9.17) is 10.2 Å². The standard InChI is InChI=1S/C5H11NO2/c7-4-1-2-6-5(8)3-4/h4-8H,1-3H2/t4-,5-/m0/s1. The molecule has 1 fully saturated rings. The van der Waals surface area contributed by atoms with Crippen LogP contribution in [0.25, 0.3) is 0 Å². The lowest BCUT2D eigenvalue weighted by molar-refractivity contribution is 0.0285. The Morgan fingerprint density at radius 2 is 2.12 bits per heavy atom. The maximum atomic E-state index is 8.88. The van der Waals surface area contributed by atoms with E-state index in [1.165, 1.54) is 0 Å². The zero-order valence-corrected chi connectivity index (χ0v) is 4.67. The van der Waals surface area contributed by atoms with Crippen LogP contribution < -0.4 is 5.32 Å². The summed E-state index contributed by atoms with van der Waals surface area (Å²) in [5, 5.41) is 20.5. The van der Waals surface area contributed by atoms with Crippen molar-refractivity contribution < 1.29 is 10.2 Å². The third-order valence-corrected chi connectivity index (χ3v) is 1.35. The average Bonchev–Trinajstić information content (AvgIpc) is 1.64. The van der Waals surface area contributed by atoms with Gasteiger partial charge >= 0.3 is 0 Å². The molecule has 0 aliphatic carbocycles. The molecule has 3 nitrogen and oxygen atoms in total. The lowest BCUT2D eigenvalue weighted by Gasteiger charge is -2.22. The second-order valence-electron chi connectivity index (χ2n) is 2.15. The Kier molecular flexibility index (Phi) is 1.83. The molecule has 0 amide bonds. The molecule has 0 aromatic carbocycles. The van der Waals surface area contributed by atoms with Gasteiger partial charge in [0, 0.05) is 6.42 Å². The van der Waals surface area contributed by atoms with Crippen LogP contribution in [-0.2, 0) is 0 Å². The number of aliphatic hydroxyl groups is 2. The van der Waals surface area contributed by atoms with Crippen LogP contribution in [0.3, 0.4) is 0 Å². The third-order valence-electron chi connectivity index (χ3n) is 1.35. The molecule has 1 aliphatic rings. The minimum Gasteiger partial charge on any atom is -0.393 e. The van der Waals surface area contributed by atoms with E-state index in [-0.39, 0.29) is 6.10 Å². The first-order valence-corrected chi connectivity index (χ1v) is 2.88. The van der Waals surface area contributed by atoms with Crippen molar-refractivity contribution in [2.45, 2.75) is 25.2 Å². The van der Waals surface area contributed by atoms with Crippen LogP contribution >= 0.6 is 0 Å². The van der Waals surface area contributed by atoms with Gasteiger partial charge in [-0.1, -0.05) is 0 Å². The molecule has 2 atom stereocenters. The Morgan fingerprint density at radius 3 is 2.50 bits per heavy atom. The molecule has 0 aromatic rings. The quantitative estimate of drug-likeness (QED) is 0.383. The number of rotatable bonds is 0. The Hall–Kier alpha value is -0.120. The Balaban J connectivity index is 2.23. The maximum Gasteiger partial charge on any atom is 0.107 e. The van der Waals surface area contributed by atoms with Crippen molar-refractivity contribution in [2.24, 2.45) is 0 Å². The molecule has 0 bridgehead atoms. The highest BCUT2D eigenvalue weighted by molar-refractivity contribution is 4.69. The van der Waals surface area contributed by atoms with Gasteiger partial charge in [-0.15, -0.1) is 0 Å². The first-order valence-electron chi connectivity index (χ1n) is 2.88. The summed E-state index contributed by atoms with van der Waals surface area (Å²) >= 11 is 0. The second-order valence-corrected chi connectivity index (χ2v) is 2.15. The largest absolute Gasteiger partial charge is 0.393 e. The summed E-state index contributed by atoms with van der Waals surface area (Å²) < 4.78 is 0. The van der Waals surface area contributed by atoms with Crippen molar-refractivity contribution in [1.82, 2.24) is 5.32 Å². The van der Waals surface area contributed by atoms with Crippen LogP contribution in [-0.4, -0.2) is 29.1 Å². The van der Waals surface area contributed by atoms with E-state index in [2.05, 4.69) is 5.32 Å². The smallest absolute Gasteiger partial charge is 0.107 e. The van der Waals surface area contributed by atoms with Crippen LogP contribution in [0.15, 0.2) is 0 Å². The summed E-state index contributed by atoms with van der Waals surface area (Å²) in [5.74, 6) is 0. The molecule has 1 rings (SSSR count). The number of nitrogens with one attached hydrogen (secondary N) is 1. The predicted molar refractivity (Wildman–Crippen MR) is 29.3 cm³/mol. The van der Waals surface area contributed by atoms with E-state index < -0.39 is 6.23 Å². The van der Waals surface area contributed by atoms with Crippen molar-refractivity contribution >= 4 is 0 Å². The summed E-state index contributed by atoms with van der Waals surface area (Å²) in [6, 6.07) is 0. The molecule has 1 saturated heterocycles. The Morgan fingerprint density at radius 1 is 1.38 bits per heavy atom. The van der Waals surface area contributed by atoms with Gasteiger partial charge in [0.1, 0.15) is 6.23 Å². The van der Waals surface area contributed by atoms with Gasteiger partial charge in [0.25, 0.3) is 0 Å². The molecule has 0 saturated carbocycles. The van der Waals surface area contributed by atoms with E-state index in [9.17, 15) is 0 Å². The van der Waals surface area contributed by atoms with Gasteiger partial charge in [-0.2, -0.15) is 0 Å². The van der Waals surface area contributed by atoms with Gasteiger partial charge in [-0.25, -0.2) is 0 Å². The first-order chi connectivity index (χ1) is 3.79.